The Morgan fingerprint density at radius 1 is 0.872 bits per heavy atom. The molecule has 1 saturated heterocycles. The van der Waals surface area contributed by atoms with E-state index in [-0.39, 0.29) is 12.2 Å². The van der Waals surface area contributed by atoms with Gasteiger partial charge in [0.2, 0.25) is 5.88 Å². The summed E-state index contributed by atoms with van der Waals surface area (Å²) in [6, 6.07) is 12.7. The van der Waals surface area contributed by atoms with Crippen molar-refractivity contribution < 1.29 is 14.2 Å². The van der Waals surface area contributed by atoms with E-state index in [1.165, 1.54) is 21.8 Å². The van der Waals surface area contributed by atoms with E-state index in [1.54, 1.807) is 0 Å². The van der Waals surface area contributed by atoms with Crippen LogP contribution in [0.3, 0.4) is 0 Å². The second-order valence-electron chi connectivity index (χ2n) is 10.7. The molecule has 39 heavy (non-hydrogen) atoms. The summed E-state index contributed by atoms with van der Waals surface area (Å²) in [6.45, 7) is 8.02. The number of nitrogens with zero attached hydrogens (tertiary/aromatic N) is 4. The lowest BCUT2D eigenvalue weighted by Crippen LogP contribution is -2.43. The minimum Gasteiger partial charge on any atom is -0.474 e. The van der Waals surface area contributed by atoms with Gasteiger partial charge in [-0.2, -0.15) is 0 Å². The molecule has 0 spiro atoms. The van der Waals surface area contributed by atoms with E-state index in [4.69, 9.17) is 14.2 Å². The average Bonchev–Trinajstić information content (AvgIpc) is 3.25. The summed E-state index contributed by atoms with van der Waals surface area (Å²) in [4.78, 5) is 11.4. The van der Waals surface area contributed by atoms with Gasteiger partial charge < -0.3 is 29.0 Å². The number of aromatic nitrogens is 3. The van der Waals surface area contributed by atoms with Crippen molar-refractivity contribution in [2.75, 3.05) is 52.5 Å². The number of aryl methyl sites for hydroxylation is 1. The number of rotatable bonds is 12. The van der Waals surface area contributed by atoms with Crippen LogP contribution in [0, 0.1) is 0 Å². The molecule has 6 rings (SSSR count). The standard InChI is InChI=1S/C31H39N5O3/c1-35-29-8-9-33-22-28(29)27-6-4-23(18-30(27)35)24-5-7-31(34-21-24)39-26-19-25(20-26)38-17-3-16-37-15-2-12-36-13-10-32-11-14-36/h4-9,18,21-22,25-26,32H,2-3,10-17,19-20H2,1H3. The molecular weight excluding hydrogens is 490 g/mol. The average molecular weight is 530 g/mol. The van der Waals surface area contributed by atoms with Crippen LogP contribution in [0.15, 0.2) is 55.0 Å². The second-order valence-corrected chi connectivity index (χ2v) is 10.7. The van der Waals surface area contributed by atoms with E-state index in [0.717, 1.165) is 89.4 Å². The Balaban J connectivity index is 0.892. The SMILES string of the molecule is Cn1c2ccncc2c2ccc(-c3ccc(OC4CC(OCCCOCCCN5CCNCC5)C4)nc3)cc21. The normalized spacial score (nSPS) is 19.9. The van der Waals surface area contributed by atoms with Gasteiger partial charge in [0.05, 0.1) is 11.6 Å². The summed E-state index contributed by atoms with van der Waals surface area (Å²) < 4.78 is 20.1. The Bertz CT molecular complexity index is 1360. The first-order chi connectivity index (χ1) is 19.2. The van der Waals surface area contributed by atoms with Crippen LogP contribution in [-0.4, -0.2) is 84.2 Å². The highest BCUT2D eigenvalue weighted by Crippen LogP contribution is 2.32. The summed E-state index contributed by atoms with van der Waals surface area (Å²) in [5.41, 5.74) is 4.59. The molecule has 0 amide bonds. The fraction of sp³-hybridized carbons (Fsp3) is 0.484. The van der Waals surface area contributed by atoms with Crippen molar-refractivity contribution in [3.63, 3.8) is 0 Å². The number of fused-ring (bicyclic) bond motifs is 3. The van der Waals surface area contributed by atoms with Crippen molar-refractivity contribution in [2.24, 2.45) is 7.05 Å². The number of piperazine rings is 1. The number of pyridine rings is 2. The predicted molar refractivity (Wildman–Crippen MR) is 154 cm³/mol. The van der Waals surface area contributed by atoms with E-state index in [1.807, 2.05) is 24.7 Å². The highest BCUT2D eigenvalue weighted by Gasteiger charge is 2.31. The molecule has 4 heterocycles. The van der Waals surface area contributed by atoms with Crippen LogP contribution in [0.5, 0.6) is 5.88 Å². The topological polar surface area (TPSA) is 73.7 Å². The molecule has 0 radical (unpaired) electrons. The quantitative estimate of drug-likeness (QED) is 0.273. The molecule has 1 saturated carbocycles. The van der Waals surface area contributed by atoms with Crippen molar-refractivity contribution >= 4 is 21.8 Å². The molecule has 4 aromatic rings. The largest absolute Gasteiger partial charge is 0.474 e. The monoisotopic (exact) mass is 529 g/mol. The highest BCUT2D eigenvalue weighted by atomic mass is 16.5. The Morgan fingerprint density at radius 3 is 2.56 bits per heavy atom. The first kappa shape index (κ1) is 26.2. The van der Waals surface area contributed by atoms with Gasteiger partial charge in [0.15, 0.2) is 0 Å². The molecule has 8 heteroatoms. The minimum absolute atomic E-state index is 0.176. The van der Waals surface area contributed by atoms with E-state index >= 15 is 0 Å². The van der Waals surface area contributed by atoms with Gasteiger partial charge in [-0.25, -0.2) is 4.98 Å². The van der Waals surface area contributed by atoms with E-state index in [9.17, 15) is 0 Å². The van der Waals surface area contributed by atoms with Crippen LogP contribution in [0.25, 0.3) is 32.9 Å². The zero-order chi connectivity index (χ0) is 26.4. The lowest BCUT2D eigenvalue weighted by Gasteiger charge is -2.34. The third-order valence-corrected chi connectivity index (χ3v) is 7.98. The van der Waals surface area contributed by atoms with E-state index in [0.29, 0.717) is 5.88 Å². The van der Waals surface area contributed by atoms with Crippen LogP contribution in [0.1, 0.15) is 25.7 Å². The Morgan fingerprint density at radius 2 is 1.72 bits per heavy atom. The molecule has 1 aliphatic carbocycles. The first-order valence-electron chi connectivity index (χ1n) is 14.3. The van der Waals surface area contributed by atoms with Crippen molar-refractivity contribution in [3.8, 4) is 17.0 Å². The van der Waals surface area contributed by atoms with Crippen molar-refractivity contribution in [1.29, 1.82) is 0 Å². The van der Waals surface area contributed by atoms with Crippen LogP contribution < -0.4 is 10.1 Å². The third-order valence-electron chi connectivity index (χ3n) is 7.98. The Labute approximate surface area is 230 Å². The maximum absolute atomic E-state index is 6.09. The zero-order valence-electron chi connectivity index (χ0n) is 22.8. The lowest BCUT2D eigenvalue weighted by atomic mass is 9.92. The molecule has 1 aliphatic heterocycles. The van der Waals surface area contributed by atoms with Gasteiger partial charge in [-0.05, 0) is 36.6 Å². The molecule has 2 fully saturated rings. The molecule has 2 aliphatic rings. The number of ether oxygens (including phenoxy) is 3. The molecule has 1 N–H and O–H groups in total. The molecule has 206 valence electrons. The summed E-state index contributed by atoms with van der Waals surface area (Å²) >= 11 is 0. The summed E-state index contributed by atoms with van der Waals surface area (Å²) in [5, 5.41) is 5.78. The van der Waals surface area contributed by atoms with Crippen molar-refractivity contribution in [3.05, 3.63) is 55.0 Å². The maximum Gasteiger partial charge on any atom is 0.213 e. The molecule has 0 unspecified atom stereocenters. The van der Waals surface area contributed by atoms with Crippen molar-refractivity contribution in [2.45, 2.75) is 37.9 Å². The van der Waals surface area contributed by atoms with Crippen LogP contribution in [0.4, 0.5) is 0 Å². The lowest BCUT2D eigenvalue weighted by molar-refractivity contribution is -0.0662. The number of hydrogen-bond donors (Lipinski definition) is 1. The van der Waals surface area contributed by atoms with Gasteiger partial charge in [0.25, 0.3) is 0 Å². The molecule has 0 atom stereocenters. The zero-order valence-corrected chi connectivity index (χ0v) is 22.8. The fourth-order valence-corrected chi connectivity index (χ4v) is 5.61. The van der Waals surface area contributed by atoms with Gasteiger partial charge in [-0.1, -0.05) is 12.1 Å². The molecule has 0 bridgehead atoms. The number of hydrogen-bond acceptors (Lipinski definition) is 7. The Kier molecular flexibility index (Phi) is 8.35. The van der Waals surface area contributed by atoms with E-state index in [2.05, 4.69) is 62.1 Å². The molecule has 1 aromatic carbocycles. The van der Waals surface area contributed by atoms with Crippen LogP contribution in [0.2, 0.25) is 0 Å². The molecule has 3 aromatic heterocycles. The summed E-state index contributed by atoms with van der Waals surface area (Å²) in [5.74, 6) is 0.674. The Hall–Kier alpha value is -3.04. The van der Waals surface area contributed by atoms with Crippen LogP contribution >= 0.6 is 0 Å². The van der Waals surface area contributed by atoms with Gasteiger partial charge in [0.1, 0.15) is 6.10 Å². The van der Waals surface area contributed by atoms with Crippen LogP contribution in [-0.2, 0) is 16.5 Å². The second kappa shape index (κ2) is 12.4. The number of benzene rings is 1. The number of nitrogens with one attached hydrogen (secondary N) is 1. The highest BCUT2D eigenvalue weighted by molar-refractivity contribution is 6.08. The van der Waals surface area contributed by atoms with Gasteiger partial charge in [-0.3, -0.25) is 4.98 Å². The van der Waals surface area contributed by atoms with Gasteiger partial charge in [-0.15, -0.1) is 0 Å². The van der Waals surface area contributed by atoms with Crippen molar-refractivity contribution in [1.82, 2.24) is 24.8 Å². The predicted octanol–water partition coefficient (Wildman–Crippen LogP) is 4.42. The minimum atomic E-state index is 0.176. The molecular formula is C31H39N5O3. The first-order valence-corrected chi connectivity index (χ1v) is 14.3. The summed E-state index contributed by atoms with van der Waals surface area (Å²) in [7, 11) is 2.10. The van der Waals surface area contributed by atoms with Gasteiger partial charge >= 0.3 is 0 Å². The smallest absolute Gasteiger partial charge is 0.213 e. The molecule has 8 nitrogen and oxygen atoms in total. The third kappa shape index (κ3) is 6.25. The maximum atomic E-state index is 6.09. The summed E-state index contributed by atoms with van der Waals surface area (Å²) in [6.07, 6.45) is 10.0. The fourth-order valence-electron chi connectivity index (χ4n) is 5.61. The van der Waals surface area contributed by atoms with E-state index < -0.39 is 0 Å². The van der Waals surface area contributed by atoms with Gasteiger partial charge in [0, 0.05) is 119 Å².